The van der Waals surface area contributed by atoms with Crippen LogP contribution in [0.25, 0.3) is 0 Å². The standard InChI is InChI=1S/C7H4F3N3O3/c8-7(9,10)6(14)12-5-2-1-4(3-11-5)13(15)16/h1-3H,(H,11,12,14). The largest absolute Gasteiger partial charge is 0.471 e. The number of nitrogens with zero attached hydrogens (tertiary/aromatic N) is 2. The lowest BCUT2D eigenvalue weighted by atomic mass is 10.4. The molecule has 1 aromatic rings. The van der Waals surface area contributed by atoms with Gasteiger partial charge in [0, 0.05) is 6.07 Å². The molecule has 0 saturated carbocycles. The Kier molecular flexibility index (Phi) is 3.06. The second-order valence-corrected chi connectivity index (χ2v) is 2.61. The quantitative estimate of drug-likeness (QED) is 0.621. The van der Waals surface area contributed by atoms with Gasteiger partial charge in [0.2, 0.25) is 0 Å². The minimum Gasteiger partial charge on any atom is -0.303 e. The highest BCUT2D eigenvalue weighted by atomic mass is 19.4. The van der Waals surface area contributed by atoms with Gasteiger partial charge in [0.15, 0.2) is 0 Å². The minimum atomic E-state index is -5.02. The van der Waals surface area contributed by atoms with E-state index in [0.717, 1.165) is 18.3 Å². The maximum atomic E-state index is 11.8. The van der Waals surface area contributed by atoms with Gasteiger partial charge in [-0.25, -0.2) is 4.98 Å². The van der Waals surface area contributed by atoms with E-state index < -0.39 is 22.8 Å². The molecule has 9 heteroatoms. The molecule has 1 rings (SSSR count). The van der Waals surface area contributed by atoms with Gasteiger partial charge in [0.1, 0.15) is 12.0 Å². The van der Waals surface area contributed by atoms with Crippen LogP contribution < -0.4 is 5.32 Å². The molecule has 16 heavy (non-hydrogen) atoms. The van der Waals surface area contributed by atoms with Crippen LogP contribution in [-0.2, 0) is 4.79 Å². The first-order valence-electron chi connectivity index (χ1n) is 3.79. The van der Waals surface area contributed by atoms with E-state index in [1.54, 1.807) is 0 Å². The minimum absolute atomic E-state index is 0.384. The van der Waals surface area contributed by atoms with Gasteiger partial charge >= 0.3 is 12.1 Å². The number of carbonyl (C=O) groups is 1. The van der Waals surface area contributed by atoms with Crippen LogP contribution in [0.1, 0.15) is 0 Å². The zero-order chi connectivity index (χ0) is 12.3. The maximum absolute atomic E-state index is 11.8. The topological polar surface area (TPSA) is 85.1 Å². The van der Waals surface area contributed by atoms with Crippen molar-refractivity contribution in [3.05, 3.63) is 28.4 Å². The molecule has 6 nitrogen and oxygen atoms in total. The van der Waals surface area contributed by atoms with Crippen molar-refractivity contribution in [2.24, 2.45) is 0 Å². The number of nitro groups is 1. The zero-order valence-corrected chi connectivity index (χ0v) is 7.49. The normalized spacial score (nSPS) is 10.9. The number of anilines is 1. The molecule has 0 aliphatic heterocycles. The molecule has 0 fully saturated rings. The summed E-state index contributed by atoms with van der Waals surface area (Å²) < 4.78 is 35.4. The fourth-order valence-corrected chi connectivity index (χ4v) is 0.755. The highest BCUT2D eigenvalue weighted by Crippen LogP contribution is 2.18. The van der Waals surface area contributed by atoms with Crippen molar-refractivity contribution in [3.63, 3.8) is 0 Å². The third-order valence-electron chi connectivity index (χ3n) is 1.46. The van der Waals surface area contributed by atoms with Gasteiger partial charge in [-0.1, -0.05) is 0 Å². The molecule has 0 radical (unpaired) electrons. The first kappa shape index (κ1) is 11.9. The lowest BCUT2D eigenvalue weighted by Crippen LogP contribution is -2.30. The molecule has 0 bridgehead atoms. The van der Waals surface area contributed by atoms with Crippen molar-refractivity contribution in [2.75, 3.05) is 5.32 Å². The number of hydrogen-bond acceptors (Lipinski definition) is 4. The molecule has 0 spiro atoms. The number of amides is 1. The summed E-state index contributed by atoms with van der Waals surface area (Å²) in [5.41, 5.74) is -0.384. The van der Waals surface area contributed by atoms with E-state index in [4.69, 9.17) is 0 Å². The van der Waals surface area contributed by atoms with Crippen molar-refractivity contribution in [3.8, 4) is 0 Å². The van der Waals surface area contributed by atoms with Gasteiger partial charge in [0.25, 0.3) is 5.69 Å². The fourth-order valence-electron chi connectivity index (χ4n) is 0.755. The predicted octanol–water partition coefficient (Wildman–Crippen LogP) is 1.49. The predicted molar refractivity (Wildman–Crippen MR) is 45.6 cm³/mol. The van der Waals surface area contributed by atoms with E-state index in [-0.39, 0.29) is 5.69 Å². The molecule has 0 aromatic carbocycles. The van der Waals surface area contributed by atoms with Crippen LogP contribution in [0.2, 0.25) is 0 Å². The fraction of sp³-hybridized carbons (Fsp3) is 0.143. The molecule has 0 unspecified atom stereocenters. The van der Waals surface area contributed by atoms with Gasteiger partial charge in [-0.2, -0.15) is 13.2 Å². The third kappa shape index (κ3) is 2.90. The summed E-state index contributed by atoms with van der Waals surface area (Å²) in [7, 11) is 0. The Balaban J connectivity index is 2.77. The van der Waals surface area contributed by atoms with Gasteiger partial charge in [-0.3, -0.25) is 14.9 Å². The Morgan fingerprint density at radius 2 is 2.06 bits per heavy atom. The van der Waals surface area contributed by atoms with Crippen LogP contribution in [0.3, 0.4) is 0 Å². The maximum Gasteiger partial charge on any atom is 0.471 e. The number of hydrogen-bond donors (Lipinski definition) is 1. The Morgan fingerprint density at radius 1 is 1.44 bits per heavy atom. The van der Waals surface area contributed by atoms with Crippen LogP contribution in [0.4, 0.5) is 24.7 Å². The molecule has 1 amide bonds. The Hall–Kier alpha value is -2.19. The first-order chi connectivity index (χ1) is 7.30. The van der Waals surface area contributed by atoms with Gasteiger partial charge in [-0.15, -0.1) is 0 Å². The van der Waals surface area contributed by atoms with Crippen LogP contribution in [-0.4, -0.2) is 22.0 Å². The monoisotopic (exact) mass is 235 g/mol. The van der Waals surface area contributed by atoms with E-state index in [0.29, 0.717) is 0 Å². The zero-order valence-electron chi connectivity index (χ0n) is 7.49. The van der Waals surface area contributed by atoms with Crippen molar-refractivity contribution in [2.45, 2.75) is 6.18 Å². The van der Waals surface area contributed by atoms with Crippen molar-refractivity contribution >= 4 is 17.4 Å². The number of carbonyl (C=O) groups excluding carboxylic acids is 1. The number of halogens is 3. The lowest BCUT2D eigenvalue weighted by Gasteiger charge is -2.06. The lowest BCUT2D eigenvalue weighted by molar-refractivity contribution is -0.385. The molecule has 1 N–H and O–H groups in total. The molecule has 0 aliphatic rings. The van der Waals surface area contributed by atoms with E-state index in [2.05, 4.69) is 4.98 Å². The Bertz CT molecular complexity index is 415. The average molecular weight is 235 g/mol. The van der Waals surface area contributed by atoms with Gasteiger partial charge < -0.3 is 5.32 Å². The van der Waals surface area contributed by atoms with Gasteiger partial charge in [-0.05, 0) is 6.07 Å². The SMILES string of the molecule is O=C(Nc1ccc([N+](=O)[O-])cn1)C(F)(F)F. The van der Waals surface area contributed by atoms with E-state index >= 15 is 0 Å². The van der Waals surface area contributed by atoms with Crippen molar-refractivity contribution in [1.29, 1.82) is 0 Å². The molecule has 0 saturated heterocycles. The summed E-state index contributed by atoms with van der Waals surface area (Å²) in [6.07, 6.45) is -4.28. The second kappa shape index (κ2) is 4.13. The van der Waals surface area contributed by atoms with Crippen molar-refractivity contribution < 1.29 is 22.9 Å². The first-order valence-corrected chi connectivity index (χ1v) is 3.79. The van der Waals surface area contributed by atoms with Crippen molar-refractivity contribution in [1.82, 2.24) is 4.98 Å². The number of rotatable bonds is 2. The summed E-state index contributed by atoms with van der Waals surface area (Å²) in [5.74, 6) is -2.60. The third-order valence-corrected chi connectivity index (χ3v) is 1.46. The van der Waals surface area contributed by atoms with Crippen LogP contribution in [0.5, 0.6) is 0 Å². The van der Waals surface area contributed by atoms with Gasteiger partial charge in [0.05, 0.1) is 4.92 Å². The number of pyridine rings is 1. The summed E-state index contributed by atoms with van der Waals surface area (Å²) in [6, 6.07) is 1.83. The number of aromatic nitrogens is 1. The summed E-state index contributed by atoms with van der Waals surface area (Å²) >= 11 is 0. The van der Waals surface area contributed by atoms with E-state index in [9.17, 15) is 28.1 Å². The smallest absolute Gasteiger partial charge is 0.303 e. The highest BCUT2D eigenvalue weighted by Gasteiger charge is 2.38. The second-order valence-electron chi connectivity index (χ2n) is 2.61. The summed E-state index contributed by atoms with van der Waals surface area (Å²) in [5, 5.41) is 11.6. The number of nitrogens with one attached hydrogen (secondary N) is 1. The summed E-state index contributed by atoms with van der Waals surface area (Å²) in [6.45, 7) is 0. The summed E-state index contributed by atoms with van der Waals surface area (Å²) in [4.78, 5) is 23.2. The average Bonchev–Trinajstić information content (AvgIpc) is 2.17. The molecular weight excluding hydrogens is 231 g/mol. The van der Waals surface area contributed by atoms with E-state index in [1.165, 1.54) is 5.32 Å². The van der Waals surface area contributed by atoms with Crippen LogP contribution in [0.15, 0.2) is 18.3 Å². The molecule has 0 atom stereocenters. The number of alkyl halides is 3. The highest BCUT2D eigenvalue weighted by molar-refractivity contribution is 5.94. The van der Waals surface area contributed by atoms with Crippen LogP contribution in [0, 0.1) is 10.1 Å². The molecule has 1 aromatic heterocycles. The molecular formula is C7H4F3N3O3. The Morgan fingerprint density at radius 3 is 2.44 bits per heavy atom. The Labute approximate surface area is 86.2 Å². The molecule has 1 heterocycles. The van der Waals surface area contributed by atoms with Crippen LogP contribution >= 0.6 is 0 Å². The molecule has 86 valence electrons. The molecule has 0 aliphatic carbocycles. The van der Waals surface area contributed by atoms with E-state index in [1.807, 2.05) is 0 Å².